The highest BCUT2D eigenvalue weighted by Crippen LogP contribution is 2.65. The molecule has 1 aliphatic heterocycles. The summed E-state index contributed by atoms with van der Waals surface area (Å²) in [6.45, 7) is 2.25. The number of amidine groups is 1. The number of thioether (sulfide) groups is 1. The molecule has 1 fully saturated rings. The zero-order valence-corrected chi connectivity index (χ0v) is 20.1. The maximum absolute atomic E-state index is 15.0. The van der Waals surface area contributed by atoms with Crippen LogP contribution in [0.15, 0.2) is 29.4 Å². The van der Waals surface area contributed by atoms with Gasteiger partial charge >= 0.3 is 6.18 Å². The van der Waals surface area contributed by atoms with Gasteiger partial charge in [-0.15, -0.1) is 0 Å². The first-order valence-corrected chi connectivity index (χ1v) is 11.6. The first-order chi connectivity index (χ1) is 16.4. The van der Waals surface area contributed by atoms with Crippen LogP contribution < -0.4 is 10.5 Å². The second-order valence-electron chi connectivity index (χ2n) is 8.91. The number of nitrogens with zero attached hydrogens (tertiary/aromatic N) is 3. The van der Waals surface area contributed by atoms with Gasteiger partial charge in [0.15, 0.2) is 17.6 Å². The normalized spacial score (nSPS) is 25.6. The summed E-state index contributed by atoms with van der Waals surface area (Å²) in [5, 5.41) is 0.359. The molecule has 0 amide bonds. The first-order valence-electron chi connectivity index (χ1n) is 10.8. The zero-order chi connectivity index (χ0) is 25.6. The van der Waals surface area contributed by atoms with E-state index in [1.54, 1.807) is 13.2 Å². The van der Waals surface area contributed by atoms with Crippen molar-refractivity contribution in [2.45, 2.75) is 43.2 Å². The number of methoxy groups -OCH3 is 1. The number of carbonyl (C=O) groups is 1. The molecule has 0 unspecified atom stereocenters. The van der Waals surface area contributed by atoms with E-state index >= 15 is 4.39 Å². The van der Waals surface area contributed by atoms with Crippen molar-refractivity contribution in [1.82, 2.24) is 9.97 Å². The topological polar surface area (TPSA) is 99.7 Å². The number of Topliss-reactive ketones (excluding diaryl/α,β-unsaturated/α-hetero) is 1. The van der Waals surface area contributed by atoms with Crippen molar-refractivity contribution in [3.05, 3.63) is 52.7 Å². The molecule has 1 aromatic carbocycles. The van der Waals surface area contributed by atoms with E-state index in [0.29, 0.717) is 22.9 Å². The number of hydrogen-bond acceptors (Lipinski definition) is 8. The van der Waals surface area contributed by atoms with Crippen LogP contribution in [-0.2, 0) is 16.7 Å². The largest absolute Gasteiger partial charge is 0.467 e. The summed E-state index contributed by atoms with van der Waals surface area (Å²) in [6.07, 6.45) is -2.88. The number of aromatic nitrogens is 2. The molecule has 2 aliphatic rings. The summed E-state index contributed by atoms with van der Waals surface area (Å²) < 4.78 is 61.7. The summed E-state index contributed by atoms with van der Waals surface area (Å²) in [4.78, 5) is 25.3. The Hall–Kier alpha value is -2.73. The van der Waals surface area contributed by atoms with Crippen molar-refractivity contribution in [3.8, 4) is 5.88 Å². The van der Waals surface area contributed by atoms with Crippen LogP contribution >= 0.6 is 11.8 Å². The van der Waals surface area contributed by atoms with Crippen molar-refractivity contribution in [1.29, 1.82) is 0 Å². The Labute approximate surface area is 203 Å². The molecule has 0 spiro atoms. The van der Waals surface area contributed by atoms with Gasteiger partial charge in [-0.25, -0.2) is 14.4 Å². The molecule has 188 valence electrons. The van der Waals surface area contributed by atoms with Crippen molar-refractivity contribution < 1.29 is 31.8 Å². The molecular weight excluding hydrogens is 488 g/mol. The highest BCUT2D eigenvalue weighted by molar-refractivity contribution is 8.15. The Bertz CT molecular complexity index is 1190. The Morgan fingerprint density at radius 3 is 2.74 bits per heavy atom. The molecule has 1 saturated carbocycles. The Balaban J connectivity index is 1.55. The number of ether oxygens (including phenoxy) is 2. The molecule has 2 aromatic rings. The monoisotopic (exact) mass is 512 g/mol. The van der Waals surface area contributed by atoms with E-state index in [0.717, 1.165) is 12.6 Å². The minimum Gasteiger partial charge on any atom is -0.467 e. The van der Waals surface area contributed by atoms with Gasteiger partial charge in [0, 0.05) is 25.0 Å². The molecule has 1 aromatic heterocycles. The van der Waals surface area contributed by atoms with Crippen LogP contribution in [0.2, 0.25) is 0 Å². The average molecular weight is 513 g/mol. The van der Waals surface area contributed by atoms with Gasteiger partial charge in [0.25, 0.3) is 0 Å². The Kier molecular flexibility index (Phi) is 6.56. The minimum absolute atomic E-state index is 0.000850. The van der Waals surface area contributed by atoms with Gasteiger partial charge in [-0.3, -0.25) is 9.79 Å². The number of benzene rings is 1. The number of aliphatic imine (C=N–C) groups is 1. The molecule has 2 N–H and O–H groups in total. The molecule has 12 heteroatoms. The third-order valence-corrected chi connectivity index (χ3v) is 7.53. The lowest BCUT2D eigenvalue weighted by Crippen LogP contribution is -2.37. The first kappa shape index (κ1) is 25.4. The molecular formula is C23H24F4N4O3S. The van der Waals surface area contributed by atoms with E-state index in [-0.39, 0.29) is 34.4 Å². The van der Waals surface area contributed by atoms with Crippen molar-refractivity contribution >= 4 is 22.7 Å². The van der Waals surface area contributed by atoms with Gasteiger partial charge in [-0.05, 0) is 38.0 Å². The van der Waals surface area contributed by atoms with Crippen molar-refractivity contribution in [3.63, 3.8) is 0 Å². The number of halogens is 4. The van der Waals surface area contributed by atoms with E-state index in [2.05, 4.69) is 19.7 Å². The Morgan fingerprint density at radius 2 is 2.09 bits per heavy atom. The fourth-order valence-corrected chi connectivity index (χ4v) is 6.08. The molecule has 7 nitrogen and oxygen atoms in total. The molecule has 3 atom stereocenters. The van der Waals surface area contributed by atoms with Crippen LogP contribution in [0, 0.1) is 18.7 Å². The highest BCUT2D eigenvalue weighted by atomic mass is 32.2. The molecule has 2 heterocycles. The number of nitrogens with two attached hydrogens (primary N) is 1. The van der Waals surface area contributed by atoms with Gasteiger partial charge < -0.3 is 15.2 Å². The second-order valence-corrected chi connectivity index (χ2v) is 10.3. The zero-order valence-electron chi connectivity index (χ0n) is 19.3. The number of ketones is 1. The molecule has 0 radical (unpaired) electrons. The smallest absolute Gasteiger partial charge is 0.422 e. The van der Waals surface area contributed by atoms with E-state index in [9.17, 15) is 18.0 Å². The lowest BCUT2D eigenvalue weighted by Gasteiger charge is -2.34. The summed E-state index contributed by atoms with van der Waals surface area (Å²) >= 11 is 1.45. The number of hydrogen-bond donors (Lipinski definition) is 1. The number of carbonyl (C=O) groups excluding carboxylic acids is 1. The minimum atomic E-state index is -4.52. The number of aryl methyl sites for hydroxylation is 1. The van der Waals surface area contributed by atoms with E-state index in [4.69, 9.17) is 10.5 Å². The second kappa shape index (κ2) is 9.05. The summed E-state index contributed by atoms with van der Waals surface area (Å²) in [5.41, 5.74) is 6.19. The highest BCUT2D eigenvalue weighted by Gasteiger charge is 2.66. The average Bonchev–Trinajstić information content (AvgIpc) is 3.48. The standard InChI is InChI=1S/C23H24F4N4O3S/c1-12-19(29-9-18(30-12)34-11-23(25,26)27)16(32)7-13-4-5-15(24)14(6-13)21(2)17-8-22(17,10-33-3)35-20(28)31-21/h4-6,9,17H,7-8,10-11H2,1-3H3,(H2,28,31)/t17-,21+,22+/m0/s1. The van der Waals surface area contributed by atoms with Gasteiger partial charge in [0.2, 0.25) is 5.88 Å². The van der Waals surface area contributed by atoms with Crippen LogP contribution in [0.25, 0.3) is 0 Å². The van der Waals surface area contributed by atoms with Crippen LogP contribution in [0.1, 0.15) is 40.7 Å². The molecule has 1 aliphatic carbocycles. The third kappa shape index (κ3) is 5.13. The lowest BCUT2D eigenvalue weighted by molar-refractivity contribution is -0.154. The van der Waals surface area contributed by atoms with E-state index < -0.39 is 29.9 Å². The fourth-order valence-electron chi connectivity index (χ4n) is 4.63. The quantitative estimate of drug-likeness (QED) is 0.422. The number of fused-ring (bicyclic) bond motifs is 1. The maximum Gasteiger partial charge on any atom is 0.422 e. The molecule has 35 heavy (non-hydrogen) atoms. The number of rotatable bonds is 8. The lowest BCUT2D eigenvalue weighted by atomic mass is 9.84. The third-order valence-electron chi connectivity index (χ3n) is 6.26. The predicted molar refractivity (Wildman–Crippen MR) is 122 cm³/mol. The van der Waals surface area contributed by atoms with Crippen molar-refractivity contribution in [2.24, 2.45) is 16.6 Å². The van der Waals surface area contributed by atoms with Crippen molar-refractivity contribution in [2.75, 3.05) is 20.3 Å². The van der Waals surface area contributed by atoms with Gasteiger partial charge in [0.05, 0.1) is 28.8 Å². The molecule has 0 bridgehead atoms. The van der Waals surface area contributed by atoms with E-state index in [1.807, 2.05) is 6.92 Å². The van der Waals surface area contributed by atoms with Gasteiger partial charge in [-0.2, -0.15) is 13.2 Å². The Morgan fingerprint density at radius 1 is 1.34 bits per heavy atom. The van der Waals surface area contributed by atoms with Gasteiger partial charge in [0.1, 0.15) is 11.5 Å². The SMILES string of the molecule is COC[C@]12C[C@H]1[C@@](C)(c1cc(CC(=O)c3ncc(OCC(F)(F)F)nc3C)ccc1F)N=C(N)S2. The maximum atomic E-state index is 15.0. The predicted octanol–water partition coefficient (Wildman–Crippen LogP) is 3.97. The van der Waals surface area contributed by atoms with Crippen LogP contribution in [0.4, 0.5) is 17.6 Å². The molecule has 0 saturated heterocycles. The van der Waals surface area contributed by atoms with Crippen LogP contribution in [0.5, 0.6) is 5.88 Å². The van der Waals surface area contributed by atoms with E-state index in [1.165, 1.54) is 30.8 Å². The summed E-state index contributed by atoms with van der Waals surface area (Å²) in [6, 6.07) is 4.41. The fraction of sp³-hybridized carbons (Fsp3) is 0.478. The summed E-state index contributed by atoms with van der Waals surface area (Å²) in [7, 11) is 1.61. The number of alkyl halides is 3. The van der Waals surface area contributed by atoms with Gasteiger partial charge in [-0.1, -0.05) is 17.8 Å². The van der Waals surface area contributed by atoms with Crippen LogP contribution in [0.3, 0.4) is 0 Å². The molecule has 4 rings (SSSR count). The van der Waals surface area contributed by atoms with Crippen LogP contribution in [-0.4, -0.2) is 52.2 Å². The summed E-state index contributed by atoms with van der Waals surface area (Å²) in [5.74, 6) is -1.18.